The van der Waals surface area contributed by atoms with E-state index in [1.54, 1.807) is 0 Å². The third kappa shape index (κ3) is 3.66. The van der Waals surface area contributed by atoms with Gasteiger partial charge >= 0.3 is 0 Å². The lowest BCUT2D eigenvalue weighted by atomic mass is 10.1. The average Bonchev–Trinajstić information content (AvgIpc) is 3.26. The Kier molecular flexibility index (Phi) is 4.32. The molecule has 0 unspecified atom stereocenters. The number of para-hydroxylation sites is 1. The molecule has 110 valence electrons. The van der Waals surface area contributed by atoms with E-state index in [2.05, 4.69) is 71.5 Å². The lowest BCUT2D eigenvalue weighted by Crippen LogP contribution is -2.15. The molecule has 2 aromatic rings. The van der Waals surface area contributed by atoms with Crippen LogP contribution in [0.2, 0.25) is 0 Å². The van der Waals surface area contributed by atoms with Crippen LogP contribution in [-0.4, -0.2) is 6.04 Å². The number of halogens is 1. The lowest BCUT2D eigenvalue weighted by molar-refractivity contribution is 0.465. The number of hydrogen-bond donors (Lipinski definition) is 1. The van der Waals surface area contributed by atoms with Crippen LogP contribution in [0.1, 0.15) is 29.5 Å². The summed E-state index contributed by atoms with van der Waals surface area (Å²) in [6, 6.07) is 13.2. The van der Waals surface area contributed by atoms with Gasteiger partial charge in [-0.3, -0.25) is 0 Å². The van der Waals surface area contributed by atoms with Crippen molar-refractivity contribution in [3.05, 3.63) is 57.6 Å². The predicted octanol–water partition coefficient (Wildman–Crippen LogP) is 5.11. The molecule has 1 N–H and O–H groups in total. The molecule has 0 radical (unpaired) electrons. The molecular formula is C18H20BrNO. The SMILES string of the molecule is Cc1cccc(C)c1Oc1cc(Br)ccc1CNC1CC1. The molecule has 3 heteroatoms. The van der Waals surface area contributed by atoms with E-state index >= 15 is 0 Å². The van der Waals surface area contributed by atoms with E-state index in [1.165, 1.54) is 18.4 Å². The molecule has 0 bridgehead atoms. The summed E-state index contributed by atoms with van der Waals surface area (Å²) in [5, 5.41) is 3.55. The van der Waals surface area contributed by atoms with E-state index in [4.69, 9.17) is 4.74 Å². The van der Waals surface area contributed by atoms with Gasteiger partial charge < -0.3 is 10.1 Å². The Bertz CT molecular complexity index is 629. The van der Waals surface area contributed by atoms with Gasteiger partial charge in [-0.2, -0.15) is 0 Å². The largest absolute Gasteiger partial charge is 0.456 e. The van der Waals surface area contributed by atoms with Crippen LogP contribution < -0.4 is 10.1 Å². The zero-order chi connectivity index (χ0) is 14.8. The maximum Gasteiger partial charge on any atom is 0.133 e. The van der Waals surface area contributed by atoms with E-state index < -0.39 is 0 Å². The standard InChI is InChI=1S/C18H20BrNO/c1-12-4-3-5-13(2)18(12)21-17-10-15(19)7-6-14(17)11-20-16-8-9-16/h3-7,10,16,20H,8-9,11H2,1-2H3. The van der Waals surface area contributed by atoms with E-state index in [0.717, 1.165) is 33.6 Å². The molecule has 21 heavy (non-hydrogen) atoms. The van der Waals surface area contributed by atoms with Gasteiger partial charge in [0.15, 0.2) is 0 Å². The monoisotopic (exact) mass is 345 g/mol. The summed E-state index contributed by atoms with van der Waals surface area (Å²) in [6.07, 6.45) is 2.59. The molecule has 2 aromatic carbocycles. The summed E-state index contributed by atoms with van der Waals surface area (Å²) >= 11 is 3.54. The molecule has 1 fully saturated rings. The van der Waals surface area contributed by atoms with Gasteiger partial charge in [-0.25, -0.2) is 0 Å². The zero-order valence-corrected chi connectivity index (χ0v) is 14.0. The summed E-state index contributed by atoms with van der Waals surface area (Å²) in [7, 11) is 0. The fourth-order valence-corrected chi connectivity index (χ4v) is 2.72. The van der Waals surface area contributed by atoms with Crippen molar-refractivity contribution in [2.24, 2.45) is 0 Å². The number of aryl methyl sites for hydroxylation is 2. The Labute approximate surface area is 134 Å². The minimum absolute atomic E-state index is 0.696. The lowest BCUT2D eigenvalue weighted by Gasteiger charge is -2.15. The van der Waals surface area contributed by atoms with Crippen molar-refractivity contribution in [3.8, 4) is 11.5 Å². The highest BCUT2D eigenvalue weighted by Crippen LogP contribution is 2.33. The van der Waals surface area contributed by atoms with Gasteiger partial charge in [-0.1, -0.05) is 40.2 Å². The minimum atomic E-state index is 0.696. The second-order valence-corrected chi connectivity index (χ2v) is 6.65. The second-order valence-electron chi connectivity index (χ2n) is 5.73. The normalized spacial score (nSPS) is 14.2. The summed E-state index contributed by atoms with van der Waals surface area (Å²) in [5.41, 5.74) is 3.53. The molecule has 3 rings (SSSR count). The van der Waals surface area contributed by atoms with Crippen molar-refractivity contribution >= 4 is 15.9 Å². The van der Waals surface area contributed by atoms with Crippen LogP contribution in [0, 0.1) is 13.8 Å². The van der Waals surface area contributed by atoms with Crippen LogP contribution in [0.15, 0.2) is 40.9 Å². The maximum atomic E-state index is 6.23. The summed E-state index contributed by atoms with van der Waals surface area (Å²) in [6.45, 7) is 5.03. The quantitative estimate of drug-likeness (QED) is 0.812. The van der Waals surface area contributed by atoms with E-state index in [9.17, 15) is 0 Å². The Hall–Kier alpha value is -1.32. The highest BCUT2D eigenvalue weighted by atomic mass is 79.9. The number of rotatable bonds is 5. The van der Waals surface area contributed by atoms with Gasteiger partial charge in [0.1, 0.15) is 11.5 Å². The predicted molar refractivity (Wildman–Crippen MR) is 90.0 cm³/mol. The first-order valence-electron chi connectivity index (χ1n) is 7.39. The molecule has 1 saturated carbocycles. The molecule has 1 aliphatic rings. The molecule has 2 nitrogen and oxygen atoms in total. The number of hydrogen-bond acceptors (Lipinski definition) is 2. The molecule has 0 atom stereocenters. The molecule has 0 amide bonds. The van der Waals surface area contributed by atoms with E-state index in [1.807, 2.05) is 0 Å². The first-order chi connectivity index (χ1) is 10.1. The minimum Gasteiger partial charge on any atom is -0.456 e. The van der Waals surface area contributed by atoms with Crippen molar-refractivity contribution < 1.29 is 4.74 Å². The fourth-order valence-electron chi connectivity index (χ4n) is 2.38. The van der Waals surface area contributed by atoms with Crippen LogP contribution >= 0.6 is 15.9 Å². The van der Waals surface area contributed by atoms with Gasteiger partial charge in [-0.05, 0) is 49.9 Å². The van der Waals surface area contributed by atoms with Crippen LogP contribution in [0.4, 0.5) is 0 Å². The van der Waals surface area contributed by atoms with Gasteiger partial charge in [0.25, 0.3) is 0 Å². The molecule has 0 spiro atoms. The molecule has 0 saturated heterocycles. The van der Waals surface area contributed by atoms with Crippen LogP contribution in [-0.2, 0) is 6.54 Å². The summed E-state index contributed by atoms with van der Waals surface area (Å²) in [5.74, 6) is 1.89. The van der Waals surface area contributed by atoms with Crippen LogP contribution in [0.5, 0.6) is 11.5 Å². The maximum absolute atomic E-state index is 6.23. The van der Waals surface area contributed by atoms with Crippen molar-refractivity contribution in [3.63, 3.8) is 0 Å². The van der Waals surface area contributed by atoms with Crippen molar-refractivity contribution in [1.29, 1.82) is 0 Å². The molecule has 1 aliphatic carbocycles. The Balaban J connectivity index is 1.87. The van der Waals surface area contributed by atoms with Gasteiger partial charge in [0.2, 0.25) is 0 Å². The second kappa shape index (κ2) is 6.20. The Morgan fingerprint density at radius 2 is 1.86 bits per heavy atom. The summed E-state index contributed by atoms with van der Waals surface area (Å²) < 4.78 is 7.28. The fraction of sp³-hybridized carbons (Fsp3) is 0.333. The Morgan fingerprint density at radius 3 is 2.52 bits per heavy atom. The molecule has 0 aliphatic heterocycles. The number of benzene rings is 2. The smallest absolute Gasteiger partial charge is 0.133 e. The third-order valence-electron chi connectivity index (χ3n) is 3.81. The van der Waals surface area contributed by atoms with Crippen LogP contribution in [0.25, 0.3) is 0 Å². The molecule has 0 heterocycles. The highest BCUT2D eigenvalue weighted by molar-refractivity contribution is 9.10. The van der Waals surface area contributed by atoms with Crippen molar-refractivity contribution in [2.75, 3.05) is 0 Å². The summed E-state index contributed by atoms with van der Waals surface area (Å²) in [4.78, 5) is 0. The Morgan fingerprint density at radius 1 is 1.14 bits per heavy atom. The first-order valence-corrected chi connectivity index (χ1v) is 8.18. The highest BCUT2D eigenvalue weighted by Gasteiger charge is 2.21. The first kappa shape index (κ1) is 14.6. The van der Waals surface area contributed by atoms with Crippen molar-refractivity contribution in [1.82, 2.24) is 5.32 Å². The number of ether oxygens (including phenoxy) is 1. The molecule has 0 aromatic heterocycles. The van der Waals surface area contributed by atoms with E-state index in [0.29, 0.717) is 6.04 Å². The topological polar surface area (TPSA) is 21.3 Å². The van der Waals surface area contributed by atoms with Gasteiger partial charge in [0, 0.05) is 22.6 Å². The zero-order valence-electron chi connectivity index (χ0n) is 12.4. The third-order valence-corrected chi connectivity index (χ3v) is 4.30. The van der Waals surface area contributed by atoms with Crippen molar-refractivity contribution in [2.45, 2.75) is 39.3 Å². The van der Waals surface area contributed by atoms with Gasteiger partial charge in [-0.15, -0.1) is 0 Å². The van der Waals surface area contributed by atoms with Crippen LogP contribution in [0.3, 0.4) is 0 Å². The average molecular weight is 346 g/mol. The van der Waals surface area contributed by atoms with E-state index in [-0.39, 0.29) is 0 Å². The number of nitrogens with one attached hydrogen (secondary N) is 1. The van der Waals surface area contributed by atoms with Gasteiger partial charge in [0.05, 0.1) is 0 Å². The molecular weight excluding hydrogens is 326 g/mol.